The molecule has 0 atom stereocenters. The van der Waals surface area contributed by atoms with Gasteiger partial charge in [-0.1, -0.05) is 0 Å². The molecule has 8 bridgehead atoms. The third-order valence-corrected chi connectivity index (χ3v) is 5.39. The van der Waals surface area contributed by atoms with Crippen molar-refractivity contribution in [3.8, 4) is 0 Å². The van der Waals surface area contributed by atoms with Crippen LogP contribution >= 0.6 is 11.6 Å². The minimum atomic E-state index is 0.731. The number of aromatic amines is 2. The fraction of sp³-hybridized carbons (Fsp3) is 0. The molecule has 2 N–H and O–H groups in total. The molecule has 160 valence electrons. The Morgan fingerprint density at radius 2 is 0.875 bits per heavy atom. The molecule has 5 heterocycles. The zero-order chi connectivity index (χ0) is 21.9. The molecule has 4 nitrogen and oxygen atoms in total. The molecule has 4 aromatic rings. The SMILES string of the molecule is C1=Cc2cc3ccc(cc4nc(cc5ccc(cc1n2)[nH]5)C=C4)[nH]3.Clc1cc[c]([Cu])cc1. The first-order valence-electron chi connectivity index (χ1n) is 10.0. The Bertz CT molecular complexity index is 1300. The number of rotatable bonds is 0. The van der Waals surface area contributed by atoms with Crippen molar-refractivity contribution in [2.45, 2.75) is 0 Å². The second kappa shape index (κ2) is 9.01. The maximum absolute atomic E-state index is 5.56. The van der Waals surface area contributed by atoms with Crippen LogP contribution in [0.1, 0.15) is 22.8 Å². The summed E-state index contributed by atoms with van der Waals surface area (Å²) in [5, 5.41) is 0.731. The van der Waals surface area contributed by atoms with Crippen molar-refractivity contribution in [3.05, 3.63) is 101 Å². The van der Waals surface area contributed by atoms with Crippen LogP contribution in [0, 0.1) is 0 Å². The van der Waals surface area contributed by atoms with Gasteiger partial charge in [-0.3, -0.25) is 0 Å². The Morgan fingerprint density at radius 3 is 1.19 bits per heavy atom. The van der Waals surface area contributed by atoms with Gasteiger partial charge >= 0.3 is 61.4 Å². The van der Waals surface area contributed by atoms with Gasteiger partial charge in [-0.25, -0.2) is 9.97 Å². The van der Waals surface area contributed by atoms with Crippen molar-refractivity contribution in [2.24, 2.45) is 0 Å². The first-order valence-corrected chi connectivity index (χ1v) is 10.9. The summed E-state index contributed by atoms with van der Waals surface area (Å²) in [7, 11) is 0. The second-order valence-electron chi connectivity index (χ2n) is 7.30. The normalized spacial score (nSPS) is 11.8. The van der Waals surface area contributed by atoms with E-state index in [0.29, 0.717) is 0 Å². The van der Waals surface area contributed by atoms with E-state index < -0.39 is 0 Å². The van der Waals surface area contributed by atoms with E-state index in [1.54, 1.807) is 24.3 Å². The Hall–Kier alpha value is -3.37. The first-order chi connectivity index (χ1) is 15.6. The summed E-state index contributed by atoms with van der Waals surface area (Å²) in [6.45, 7) is 0. The van der Waals surface area contributed by atoms with Crippen molar-refractivity contribution in [1.82, 2.24) is 19.9 Å². The van der Waals surface area contributed by atoms with Gasteiger partial charge in [0.2, 0.25) is 0 Å². The van der Waals surface area contributed by atoms with Crippen LogP contribution in [0.25, 0.3) is 46.4 Å². The van der Waals surface area contributed by atoms with E-state index in [1.165, 1.54) is 0 Å². The molecule has 6 rings (SSSR count). The summed E-state index contributed by atoms with van der Waals surface area (Å²) >= 11 is 10.5. The van der Waals surface area contributed by atoms with E-state index in [4.69, 9.17) is 27.6 Å². The van der Waals surface area contributed by atoms with Gasteiger partial charge in [0.1, 0.15) is 0 Å². The summed E-state index contributed by atoms with van der Waals surface area (Å²) in [5.74, 6) is 0. The third-order valence-electron chi connectivity index (χ3n) is 4.82. The van der Waals surface area contributed by atoms with E-state index in [0.717, 1.165) is 54.3 Å². The third kappa shape index (κ3) is 5.09. The molecule has 0 spiro atoms. The van der Waals surface area contributed by atoms with Gasteiger partial charge in [-0.2, -0.15) is 0 Å². The fourth-order valence-electron chi connectivity index (χ4n) is 3.36. The Balaban J connectivity index is 0.000000230. The summed E-state index contributed by atoms with van der Waals surface area (Å²) < 4.78 is 0.807. The minimum absolute atomic E-state index is 0.731. The van der Waals surface area contributed by atoms with Gasteiger partial charge in [0.15, 0.2) is 0 Å². The molecule has 0 saturated carbocycles. The zero-order valence-corrected chi connectivity index (χ0v) is 18.5. The number of fused-ring (bicyclic) bond motifs is 8. The molecule has 0 saturated heterocycles. The van der Waals surface area contributed by atoms with Crippen LogP contribution < -0.4 is 4.46 Å². The van der Waals surface area contributed by atoms with E-state index in [2.05, 4.69) is 44.2 Å². The van der Waals surface area contributed by atoms with Crippen LogP contribution in [-0.4, -0.2) is 19.9 Å². The number of benzene rings is 1. The van der Waals surface area contributed by atoms with Crippen LogP contribution in [0.3, 0.4) is 0 Å². The van der Waals surface area contributed by atoms with Crippen LogP contribution in [-0.2, 0) is 16.0 Å². The average molecular weight is 485 g/mol. The fourth-order valence-corrected chi connectivity index (χ4v) is 3.64. The summed E-state index contributed by atoms with van der Waals surface area (Å²) in [6.07, 6.45) is 8.09. The second-order valence-corrected chi connectivity index (χ2v) is 8.28. The molecule has 0 radical (unpaired) electrons. The Labute approximate surface area is 198 Å². The average Bonchev–Trinajstić information content (AvgIpc) is 3.57. The number of hydrogen-bond acceptors (Lipinski definition) is 2. The molecule has 3 aromatic heterocycles. The molecule has 0 aliphatic carbocycles. The van der Waals surface area contributed by atoms with Gasteiger partial charge in [-0.05, 0) is 72.8 Å². The molecule has 6 heteroatoms. The predicted molar refractivity (Wildman–Crippen MR) is 130 cm³/mol. The molecule has 1 aromatic carbocycles. The van der Waals surface area contributed by atoms with Crippen molar-refractivity contribution >= 4 is 62.4 Å². The number of H-pyrrole nitrogens is 2. The Morgan fingerprint density at radius 1 is 0.531 bits per heavy atom. The van der Waals surface area contributed by atoms with Crippen molar-refractivity contribution in [1.29, 1.82) is 0 Å². The molecule has 32 heavy (non-hydrogen) atoms. The van der Waals surface area contributed by atoms with Crippen molar-refractivity contribution in [3.63, 3.8) is 0 Å². The summed E-state index contributed by atoms with van der Waals surface area (Å²) in [4.78, 5) is 16.0. The van der Waals surface area contributed by atoms with Gasteiger partial charge in [0, 0.05) is 22.1 Å². The van der Waals surface area contributed by atoms with Crippen molar-refractivity contribution < 1.29 is 16.0 Å². The number of halogens is 1. The van der Waals surface area contributed by atoms with Gasteiger partial charge in [-0.15, -0.1) is 0 Å². The van der Waals surface area contributed by atoms with E-state index >= 15 is 0 Å². The van der Waals surface area contributed by atoms with Gasteiger partial charge in [0.05, 0.1) is 22.8 Å². The van der Waals surface area contributed by atoms with Crippen LogP contribution in [0.15, 0.2) is 72.8 Å². The van der Waals surface area contributed by atoms with E-state index in [-0.39, 0.29) is 0 Å². The van der Waals surface area contributed by atoms with Gasteiger partial charge in [0.25, 0.3) is 0 Å². The maximum atomic E-state index is 5.56. The van der Waals surface area contributed by atoms with Crippen molar-refractivity contribution in [2.75, 3.05) is 0 Å². The first kappa shape index (κ1) is 20.5. The van der Waals surface area contributed by atoms with E-state index in [9.17, 15) is 0 Å². The quantitative estimate of drug-likeness (QED) is 0.253. The number of nitrogens with zero attached hydrogens (tertiary/aromatic N) is 2. The number of nitrogens with one attached hydrogen (secondary N) is 2. The van der Waals surface area contributed by atoms with Crippen LogP contribution in [0.2, 0.25) is 5.02 Å². The molecule has 0 amide bonds. The molecular formula is C26H18ClCuN4. The van der Waals surface area contributed by atoms with E-state index in [1.807, 2.05) is 48.6 Å². The molecule has 2 aliphatic heterocycles. The van der Waals surface area contributed by atoms with Crippen LogP contribution in [0.4, 0.5) is 0 Å². The Kier molecular flexibility index (Phi) is 5.78. The predicted octanol–water partition coefficient (Wildman–Crippen LogP) is 6.17. The molecule has 2 aliphatic rings. The monoisotopic (exact) mass is 484 g/mol. The number of hydrogen-bond donors (Lipinski definition) is 2. The number of aromatic nitrogens is 4. The zero-order valence-electron chi connectivity index (χ0n) is 16.8. The summed E-state index contributed by atoms with van der Waals surface area (Å²) in [6, 6.07) is 23.5. The summed E-state index contributed by atoms with van der Waals surface area (Å²) in [5.41, 5.74) is 7.86. The van der Waals surface area contributed by atoms with Crippen LogP contribution in [0.5, 0.6) is 0 Å². The molecule has 0 unspecified atom stereocenters. The topological polar surface area (TPSA) is 57.4 Å². The van der Waals surface area contributed by atoms with Gasteiger partial charge < -0.3 is 9.97 Å². The molecule has 0 fully saturated rings. The standard InChI is InChI=1S/C20H14N4.C6H4Cl.Cu/c1-2-14-10-16-5-6-18(23-16)12-20-8-7-19(24-20)11-17-4-3-15(22-17)9-13(1)21-14;7-6-4-2-1-3-5-6;/h1-12,21,24H;2-5H;. The molecular weight excluding hydrogens is 467 g/mol.